The highest BCUT2D eigenvalue weighted by molar-refractivity contribution is 7.98. The molecule has 4 nitrogen and oxygen atoms in total. The number of thioether (sulfide) groups is 1. The van der Waals surface area contributed by atoms with E-state index >= 15 is 0 Å². The molecule has 1 saturated carbocycles. The molecule has 0 unspecified atom stereocenters. The number of nitrogens with zero attached hydrogens (tertiary/aromatic N) is 4. The average Bonchev–Trinajstić information content (AvgIpc) is 3.09. The summed E-state index contributed by atoms with van der Waals surface area (Å²) in [6.07, 6.45) is 4.34. The standard InChI is InChI=1S/C15H14N4S2/c1-2-4-11(5-3-1)14-17-12(8-20-14)9-21-15-18-16-10-19(15)13-6-7-13/h1-5,8,10,13H,6-7,9H2. The summed E-state index contributed by atoms with van der Waals surface area (Å²) in [4.78, 5) is 4.71. The third-order valence-electron chi connectivity index (χ3n) is 3.40. The van der Waals surface area contributed by atoms with Crippen molar-refractivity contribution in [2.45, 2.75) is 29.8 Å². The van der Waals surface area contributed by atoms with Crippen molar-refractivity contribution in [2.24, 2.45) is 0 Å². The molecule has 1 aliphatic carbocycles. The van der Waals surface area contributed by atoms with Crippen LogP contribution in [0.3, 0.4) is 0 Å². The second-order valence-corrected chi connectivity index (χ2v) is 6.85. The van der Waals surface area contributed by atoms with Gasteiger partial charge >= 0.3 is 0 Å². The molecule has 0 atom stereocenters. The minimum atomic E-state index is 0.623. The van der Waals surface area contributed by atoms with Crippen LogP contribution in [-0.2, 0) is 5.75 Å². The molecule has 1 aliphatic rings. The second kappa shape index (κ2) is 5.61. The number of thiazole rings is 1. The van der Waals surface area contributed by atoms with Crippen molar-refractivity contribution < 1.29 is 0 Å². The molecule has 0 amide bonds. The topological polar surface area (TPSA) is 43.6 Å². The molecule has 0 radical (unpaired) electrons. The van der Waals surface area contributed by atoms with Crippen LogP contribution in [0.15, 0.2) is 47.2 Å². The zero-order valence-corrected chi connectivity index (χ0v) is 13.0. The number of aromatic nitrogens is 4. The first kappa shape index (κ1) is 13.0. The Kier molecular flexibility index (Phi) is 3.48. The van der Waals surface area contributed by atoms with Crippen LogP contribution >= 0.6 is 23.1 Å². The molecular formula is C15H14N4S2. The molecule has 0 spiro atoms. The van der Waals surface area contributed by atoms with E-state index in [9.17, 15) is 0 Å². The predicted octanol–water partition coefficient (Wildman–Crippen LogP) is 4.03. The first-order valence-corrected chi connectivity index (χ1v) is 8.79. The Labute approximate surface area is 131 Å². The van der Waals surface area contributed by atoms with Crippen LogP contribution in [-0.4, -0.2) is 19.7 Å². The van der Waals surface area contributed by atoms with Crippen LogP contribution in [0, 0.1) is 0 Å². The van der Waals surface area contributed by atoms with Crippen molar-refractivity contribution in [1.29, 1.82) is 0 Å². The molecule has 3 aromatic rings. The van der Waals surface area contributed by atoms with E-state index in [1.54, 1.807) is 23.1 Å². The number of hydrogen-bond acceptors (Lipinski definition) is 5. The van der Waals surface area contributed by atoms with E-state index in [2.05, 4.69) is 32.3 Å². The quantitative estimate of drug-likeness (QED) is 0.667. The molecule has 21 heavy (non-hydrogen) atoms. The summed E-state index contributed by atoms with van der Waals surface area (Å²) >= 11 is 3.41. The summed E-state index contributed by atoms with van der Waals surface area (Å²) in [6, 6.07) is 10.9. The molecule has 1 fully saturated rings. The lowest BCUT2D eigenvalue weighted by molar-refractivity contribution is 0.663. The Morgan fingerprint density at radius 3 is 2.90 bits per heavy atom. The van der Waals surface area contributed by atoms with Crippen LogP contribution in [0.1, 0.15) is 24.6 Å². The molecule has 2 heterocycles. The molecule has 1 aromatic carbocycles. The van der Waals surface area contributed by atoms with Gasteiger partial charge in [-0.05, 0) is 12.8 Å². The number of hydrogen-bond donors (Lipinski definition) is 0. The van der Waals surface area contributed by atoms with E-state index in [-0.39, 0.29) is 0 Å². The lowest BCUT2D eigenvalue weighted by atomic mass is 10.2. The fourth-order valence-electron chi connectivity index (χ4n) is 2.16. The molecule has 106 valence electrons. The largest absolute Gasteiger partial charge is 0.306 e. The van der Waals surface area contributed by atoms with Gasteiger partial charge in [-0.1, -0.05) is 42.1 Å². The van der Waals surface area contributed by atoms with Crippen LogP contribution < -0.4 is 0 Å². The van der Waals surface area contributed by atoms with Crippen molar-refractivity contribution >= 4 is 23.1 Å². The minimum absolute atomic E-state index is 0.623. The van der Waals surface area contributed by atoms with Crippen LogP contribution in [0.5, 0.6) is 0 Å². The lowest BCUT2D eigenvalue weighted by Crippen LogP contribution is -1.94. The first-order valence-electron chi connectivity index (χ1n) is 6.92. The minimum Gasteiger partial charge on any atom is -0.306 e. The van der Waals surface area contributed by atoms with Gasteiger partial charge in [-0.2, -0.15) is 0 Å². The summed E-state index contributed by atoms with van der Waals surface area (Å²) in [5.41, 5.74) is 2.29. The molecule has 0 saturated heterocycles. The maximum Gasteiger partial charge on any atom is 0.191 e. The van der Waals surface area contributed by atoms with E-state index in [1.807, 2.05) is 24.5 Å². The summed E-state index contributed by atoms with van der Waals surface area (Å²) in [5.74, 6) is 0.842. The Bertz CT molecular complexity index is 731. The predicted molar refractivity (Wildman–Crippen MR) is 85.4 cm³/mol. The van der Waals surface area contributed by atoms with E-state index in [0.717, 1.165) is 21.6 Å². The number of rotatable bonds is 5. The van der Waals surface area contributed by atoms with Gasteiger partial charge in [0, 0.05) is 22.7 Å². The van der Waals surface area contributed by atoms with Gasteiger partial charge in [-0.15, -0.1) is 21.5 Å². The Morgan fingerprint density at radius 2 is 2.10 bits per heavy atom. The molecule has 4 rings (SSSR count). The number of benzene rings is 1. The summed E-state index contributed by atoms with van der Waals surface area (Å²) in [6.45, 7) is 0. The maximum absolute atomic E-state index is 4.71. The van der Waals surface area contributed by atoms with Crippen molar-refractivity contribution in [3.05, 3.63) is 47.7 Å². The Hall–Kier alpha value is -1.66. The van der Waals surface area contributed by atoms with Crippen molar-refractivity contribution in [2.75, 3.05) is 0 Å². The van der Waals surface area contributed by atoms with Crippen molar-refractivity contribution in [3.63, 3.8) is 0 Å². The highest BCUT2D eigenvalue weighted by atomic mass is 32.2. The smallest absolute Gasteiger partial charge is 0.191 e. The molecular weight excluding hydrogens is 300 g/mol. The van der Waals surface area contributed by atoms with E-state index in [1.165, 1.54) is 18.4 Å². The summed E-state index contributed by atoms with van der Waals surface area (Å²) in [7, 11) is 0. The SMILES string of the molecule is c1ccc(-c2nc(CSc3nncn3C3CC3)cs2)cc1. The zero-order valence-electron chi connectivity index (χ0n) is 11.3. The van der Waals surface area contributed by atoms with Gasteiger partial charge in [0.2, 0.25) is 0 Å². The van der Waals surface area contributed by atoms with Crippen LogP contribution in [0.2, 0.25) is 0 Å². The lowest BCUT2D eigenvalue weighted by Gasteiger charge is -2.02. The third-order valence-corrected chi connectivity index (χ3v) is 5.33. The first-order chi connectivity index (χ1) is 10.4. The third kappa shape index (κ3) is 2.87. The van der Waals surface area contributed by atoms with Gasteiger partial charge in [-0.25, -0.2) is 4.98 Å². The normalized spacial score (nSPS) is 14.5. The van der Waals surface area contributed by atoms with Crippen LogP contribution in [0.25, 0.3) is 10.6 Å². The molecule has 2 aromatic heterocycles. The van der Waals surface area contributed by atoms with Crippen LogP contribution in [0.4, 0.5) is 0 Å². The molecule has 0 aliphatic heterocycles. The maximum atomic E-state index is 4.71. The van der Waals surface area contributed by atoms with Gasteiger partial charge in [0.1, 0.15) is 11.3 Å². The fraction of sp³-hybridized carbons (Fsp3) is 0.267. The highest BCUT2D eigenvalue weighted by Crippen LogP contribution is 2.38. The van der Waals surface area contributed by atoms with Gasteiger partial charge in [0.25, 0.3) is 0 Å². The zero-order chi connectivity index (χ0) is 14.1. The van der Waals surface area contributed by atoms with Crippen molar-refractivity contribution in [3.8, 4) is 10.6 Å². The van der Waals surface area contributed by atoms with Gasteiger partial charge in [0.15, 0.2) is 5.16 Å². The highest BCUT2D eigenvalue weighted by Gasteiger charge is 2.26. The fourth-order valence-corrected chi connectivity index (χ4v) is 3.97. The molecule has 0 N–H and O–H groups in total. The monoisotopic (exact) mass is 314 g/mol. The van der Waals surface area contributed by atoms with Crippen molar-refractivity contribution in [1.82, 2.24) is 19.7 Å². The molecule has 0 bridgehead atoms. The average molecular weight is 314 g/mol. The van der Waals surface area contributed by atoms with E-state index in [4.69, 9.17) is 4.98 Å². The van der Waals surface area contributed by atoms with E-state index < -0.39 is 0 Å². The summed E-state index contributed by atoms with van der Waals surface area (Å²) in [5, 5.41) is 12.4. The molecule has 6 heteroatoms. The van der Waals surface area contributed by atoms with Gasteiger partial charge < -0.3 is 4.57 Å². The Balaban J connectivity index is 1.46. The van der Waals surface area contributed by atoms with Gasteiger partial charge in [-0.3, -0.25) is 0 Å². The second-order valence-electron chi connectivity index (χ2n) is 5.05. The van der Waals surface area contributed by atoms with E-state index in [0.29, 0.717) is 6.04 Å². The Morgan fingerprint density at radius 1 is 1.24 bits per heavy atom. The summed E-state index contributed by atoms with van der Waals surface area (Å²) < 4.78 is 2.19. The van der Waals surface area contributed by atoms with Gasteiger partial charge in [0.05, 0.1) is 5.69 Å².